The van der Waals surface area contributed by atoms with Crippen LogP contribution in [-0.2, 0) is 11.3 Å². The van der Waals surface area contributed by atoms with E-state index in [2.05, 4.69) is 34.4 Å². The Balaban J connectivity index is 2.64. The zero-order chi connectivity index (χ0) is 12.7. The first-order valence-corrected chi connectivity index (χ1v) is 5.90. The molecule has 1 aromatic heterocycles. The minimum atomic E-state index is 0.0199. The van der Waals surface area contributed by atoms with Gasteiger partial charge in [-0.25, -0.2) is 9.97 Å². The molecule has 1 heterocycles. The van der Waals surface area contributed by atoms with Gasteiger partial charge in [0.05, 0.1) is 17.6 Å². The summed E-state index contributed by atoms with van der Waals surface area (Å²) < 4.78 is 0. The smallest absolute Gasteiger partial charge is 0.224 e. The summed E-state index contributed by atoms with van der Waals surface area (Å²) in [5.74, 6) is 0.416. The average Bonchev–Trinajstić information content (AvgIpc) is 2.31. The fourth-order valence-electron chi connectivity index (χ4n) is 1.43. The van der Waals surface area contributed by atoms with Crippen molar-refractivity contribution in [3.05, 3.63) is 18.2 Å². The van der Waals surface area contributed by atoms with Gasteiger partial charge in [0.25, 0.3) is 0 Å². The maximum atomic E-state index is 11.8. The van der Waals surface area contributed by atoms with Crippen LogP contribution in [0.1, 0.15) is 32.4 Å². The Hall–Kier alpha value is -1.49. The summed E-state index contributed by atoms with van der Waals surface area (Å²) in [5.41, 5.74) is 1.50. The topological polar surface area (TPSA) is 66.9 Å². The van der Waals surface area contributed by atoms with E-state index in [1.165, 1.54) is 6.33 Å². The minimum absolute atomic E-state index is 0.0199. The highest BCUT2D eigenvalue weighted by Crippen LogP contribution is 2.13. The molecule has 0 aromatic carbocycles. The number of rotatable bonds is 6. The highest BCUT2D eigenvalue weighted by atomic mass is 16.1. The third kappa shape index (κ3) is 4.48. The van der Waals surface area contributed by atoms with Crippen LogP contribution in [0.15, 0.2) is 12.5 Å². The number of nitrogens with one attached hydrogen (secondary N) is 2. The second-order valence-corrected chi connectivity index (χ2v) is 4.18. The zero-order valence-electron chi connectivity index (χ0n) is 10.7. The Morgan fingerprint density at radius 1 is 1.53 bits per heavy atom. The third-order valence-electron chi connectivity index (χ3n) is 2.64. The highest BCUT2D eigenvalue weighted by Gasteiger charge is 2.10. The minimum Gasteiger partial charge on any atom is -0.323 e. The van der Waals surface area contributed by atoms with Gasteiger partial charge in [0.2, 0.25) is 5.91 Å². The van der Waals surface area contributed by atoms with Crippen LogP contribution >= 0.6 is 0 Å². The molecule has 2 N–H and O–H groups in total. The van der Waals surface area contributed by atoms with Crippen LogP contribution in [0.2, 0.25) is 0 Å². The lowest BCUT2D eigenvalue weighted by Gasteiger charge is -2.11. The van der Waals surface area contributed by atoms with Gasteiger partial charge in [-0.1, -0.05) is 20.3 Å². The maximum Gasteiger partial charge on any atom is 0.224 e. The summed E-state index contributed by atoms with van der Waals surface area (Å²) >= 11 is 0. The van der Waals surface area contributed by atoms with Crippen molar-refractivity contribution in [1.29, 1.82) is 0 Å². The van der Waals surface area contributed by atoms with Crippen LogP contribution in [0, 0.1) is 5.92 Å². The molecule has 0 aliphatic rings. The molecule has 0 aliphatic carbocycles. The van der Waals surface area contributed by atoms with E-state index in [1.54, 1.807) is 6.20 Å². The van der Waals surface area contributed by atoms with Crippen molar-refractivity contribution in [2.24, 2.45) is 5.92 Å². The quantitative estimate of drug-likeness (QED) is 0.786. The maximum absolute atomic E-state index is 11.8. The van der Waals surface area contributed by atoms with Gasteiger partial charge in [-0.15, -0.1) is 0 Å². The van der Waals surface area contributed by atoms with Crippen LogP contribution in [-0.4, -0.2) is 22.9 Å². The summed E-state index contributed by atoms with van der Waals surface area (Å²) in [7, 11) is 1.84. The van der Waals surface area contributed by atoms with Crippen LogP contribution in [0.25, 0.3) is 0 Å². The molecule has 1 amide bonds. The zero-order valence-corrected chi connectivity index (χ0v) is 10.7. The lowest BCUT2D eigenvalue weighted by molar-refractivity contribution is -0.117. The molecule has 1 rings (SSSR count). The second-order valence-electron chi connectivity index (χ2n) is 4.18. The molecule has 5 heteroatoms. The summed E-state index contributed by atoms with van der Waals surface area (Å²) in [4.78, 5) is 19.8. The first kappa shape index (κ1) is 13.6. The van der Waals surface area contributed by atoms with Gasteiger partial charge in [-0.3, -0.25) is 4.79 Å². The molecule has 1 unspecified atom stereocenters. The van der Waals surface area contributed by atoms with Crippen molar-refractivity contribution < 1.29 is 4.79 Å². The second kappa shape index (κ2) is 6.96. The predicted molar refractivity (Wildman–Crippen MR) is 67.5 cm³/mol. The number of anilines is 1. The lowest BCUT2D eigenvalue weighted by atomic mass is 10.1. The third-order valence-corrected chi connectivity index (χ3v) is 2.64. The molecule has 0 spiro atoms. The fraction of sp³-hybridized carbons (Fsp3) is 0.583. The molecule has 0 radical (unpaired) electrons. The van der Waals surface area contributed by atoms with Crippen molar-refractivity contribution in [3.63, 3.8) is 0 Å². The van der Waals surface area contributed by atoms with Gasteiger partial charge in [0.1, 0.15) is 6.33 Å². The number of hydrogen-bond acceptors (Lipinski definition) is 4. The molecule has 0 aliphatic heterocycles. The monoisotopic (exact) mass is 236 g/mol. The molecule has 94 valence electrons. The van der Waals surface area contributed by atoms with Crippen molar-refractivity contribution in [2.75, 3.05) is 12.4 Å². The Morgan fingerprint density at radius 2 is 2.29 bits per heavy atom. The largest absolute Gasteiger partial charge is 0.323 e. The molecule has 17 heavy (non-hydrogen) atoms. The van der Waals surface area contributed by atoms with Crippen molar-refractivity contribution >= 4 is 11.6 Å². The number of aromatic nitrogens is 2. The van der Waals surface area contributed by atoms with Gasteiger partial charge >= 0.3 is 0 Å². The van der Waals surface area contributed by atoms with E-state index in [-0.39, 0.29) is 5.91 Å². The number of nitrogens with zero attached hydrogens (tertiary/aromatic N) is 2. The average molecular weight is 236 g/mol. The van der Waals surface area contributed by atoms with Gasteiger partial charge in [-0.05, 0) is 13.0 Å². The van der Waals surface area contributed by atoms with Crippen LogP contribution in [0.5, 0.6) is 0 Å². The molecule has 1 aromatic rings. The summed E-state index contributed by atoms with van der Waals surface area (Å²) in [6.45, 7) is 4.76. The van der Waals surface area contributed by atoms with E-state index >= 15 is 0 Å². The number of carbonyl (C=O) groups excluding carboxylic acids is 1. The molecule has 0 bridgehead atoms. The van der Waals surface area contributed by atoms with Crippen molar-refractivity contribution in [1.82, 2.24) is 15.3 Å². The van der Waals surface area contributed by atoms with Gasteiger partial charge in [0.15, 0.2) is 0 Å². The van der Waals surface area contributed by atoms with E-state index < -0.39 is 0 Å². The first-order valence-electron chi connectivity index (χ1n) is 5.90. The predicted octanol–water partition coefficient (Wildman–Crippen LogP) is 1.57. The van der Waals surface area contributed by atoms with E-state index in [4.69, 9.17) is 0 Å². The summed E-state index contributed by atoms with van der Waals surface area (Å²) in [6, 6.07) is 0. The molecule has 0 saturated heterocycles. The molecule has 0 saturated carbocycles. The summed E-state index contributed by atoms with van der Waals surface area (Å²) in [5, 5.41) is 5.86. The fourth-order valence-corrected chi connectivity index (χ4v) is 1.43. The molecular weight excluding hydrogens is 216 g/mol. The lowest BCUT2D eigenvalue weighted by Crippen LogP contribution is -2.18. The van der Waals surface area contributed by atoms with Crippen molar-refractivity contribution in [2.45, 2.75) is 33.2 Å². The summed E-state index contributed by atoms with van der Waals surface area (Å²) in [6.07, 6.45) is 4.65. The van der Waals surface area contributed by atoms with E-state index in [0.717, 1.165) is 12.1 Å². The Morgan fingerprint density at radius 3 is 2.94 bits per heavy atom. The van der Waals surface area contributed by atoms with Gasteiger partial charge in [-0.2, -0.15) is 0 Å². The SMILES string of the molecule is CCC(C)CC(=O)Nc1cncnc1CNC. The van der Waals surface area contributed by atoms with Gasteiger partial charge in [0, 0.05) is 13.0 Å². The Kier molecular flexibility index (Phi) is 5.56. The Labute approximate surface area is 102 Å². The molecule has 1 atom stereocenters. The molecule has 5 nitrogen and oxygen atoms in total. The Bertz CT molecular complexity index is 367. The number of hydrogen-bond donors (Lipinski definition) is 2. The van der Waals surface area contributed by atoms with Crippen LogP contribution in [0.3, 0.4) is 0 Å². The van der Waals surface area contributed by atoms with Gasteiger partial charge < -0.3 is 10.6 Å². The molecular formula is C12H20N4O. The normalized spacial score (nSPS) is 12.2. The van der Waals surface area contributed by atoms with Crippen LogP contribution < -0.4 is 10.6 Å². The van der Waals surface area contributed by atoms with E-state index in [9.17, 15) is 4.79 Å². The number of amides is 1. The van der Waals surface area contributed by atoms with Crippen LogP contribution in [0.4, 0.5) is 5.69 Å². The first-order chi connectivity index (χ1) is 8.17. The molecule has 0 fully saturated rings. The number of carbonyl (C=O) groups is 1. The highest BCUT2D eigenvalue weighted by molar-refractivity contribution is 5.91. The van der Waals surface area contributed by atoms with E-state index in [0.29, 0.717) is 24.6 Å². The van der Waals surface area contributed by atoms with Crippen molar-refractivity contribution in [3.8, 4) is 0 Å². The standard InChI is InChI=1S/C12H20N4O/c1-4-9(2)5-12(17)16-11-7-14-8-15-10(11)6-13-3/h7-9,13H,4-6H2,1-3H3,(H,16,17). The van der Waals surface area contributed by atoms with E-state index in [1.807, 2.05) is 7.05 Å².